The van der Waals surface area contributed by atoms with Crippen LogP contribution in [0.4, 0.5) is 4.39 Å². The van der Waals surface area contributed by atoms with E-state index in [1.807, 2.05) is 12.1 Å². The minimum Gasteiger partial charge on any atom is -0.455 e. The molecule has 0 spiro atoms. The molecule has 3 rings (SSSR count). The number of benzene rings is 1. The molecule has 0 unspecified atom stereocenters. The van der Waals surface area contributed by atoms with Gasteiger partial charge in [-0.3, -0.25) is 14.6 Å². The van der Waals surface area contributed by atoms with Gasteiger partial charge in [0.15, 0.2) is 6.61 Å². The SMILES string of the molecule is O=C(COC(=O)Cc1csc(-c2cccnc2)n1)NCc1ccc(F)cc1. The molecule has 0 saturated carbocycles. The van der Waals surface area contributed by atoms with E-state index in [1.54, 1.807) is 29.9 Å². The van der Waals surface area contributed by atoms with Gasteiger partial charge in [-0.25, -0.2) is 9.37 Å². The van der Waals surface area contributed by atoms with Crippen molar-refractivity contribution in [2.24, 2.45) is 0 Å². The highest BCUT2D eigenvalue weighted by atomic mass is 32.1. The summed E-state index contributed by atoms with van der Waals surface area (Å²) in [7, 11) is 0. The zero-order valence-corrected chi connectivity index (χ0v) is 15.0. The van der Waals surface area contributed by atoms with Crippen LogP contribution in [0.2, 0.25) is 0 Å². The lowest BCUT2D eigenvalue weighted by Gasteiger charge is -2.06. The molecular formula is C19H16FN3O3S. The molecule has 0 radical (unpaired) electrons. The molecule has 6 nitrogen and oxygen atoms in total. The maximum Gasteiger partial charge on any atom is 0.312 e. The van der Waals surface area contributed by atoms with Gasteiger partial charge in [-0.05, 0) is 29.8 Å². The Hall–Kier alpha value is -3.13. The second-order valence-electron chi connectivity index (χ2n) is 5.63. The number of thiazole rings is 1. The van der Waals surface area contributed by atoms with Crippen LogP contribution in [0.3, 0.4) is 0 Å². The van der Waals surface area contributed by atoms with Gasteiger partial charge < -0.3 is 10.1 Å². The van der Waals surface area contributed by atoms with Crippen molar-refractivity contribution in [1.82, 2.24) is 15.3 Å². The number of hydrogen-bond acceptors (Lipinski definition) is 6. The van der Waals surface area contributed by atoms with Crippen LogP contribution in [0.15, 0.2) is 54.2 Å². The van der Waals surface area contributed by atoms with Gasteiger partial charge in [-0.2, -0.15) is 0 Å². The summed E-state index contributed by atoms with van der Waals surface area (Å²) < 4.78 is 17.8. The minimum atomic E-state index is -0.532. The van der Waals surface area contributed by atoms with Crippen LogP contribution in [-0.2, 0) is 27.3 Å². The van der Waals surface area contributed by atoms with Crippen LogP contribution >= 0.6 is 11.3 Å². The Morgan fingerprint density at radius 2 is 2.00 bits per heavy atom. The molecule has 0 aliphatic heterocycles. The average molecular weight is 385 g/mol. The molecule has 8 heteroatoms. The van der Waals surface area contributed by atoms with E-state index in [4.69, 9.17) is 4.74 Å². The topological polar surface area (TPSA) is 81.2 Å². The fraction of sp³-hybridized carbons (Fsp3) is 0.158. The number of pyridine rings is 1. The minimum absolute atomic E-state index is 0.0119. The summed E-state index contributed by atoms with van der Waals surface area (Å²) in [5, 5.41) is 5.15. The molecule has 2 heterocycles. The molecule has 1 aromatic carbocycles. The number of hydrogen-bond donors (Lipinski definition) is 1. The van der Waals surface area contributed by atoms with E-state index in [0.29, 0.717) is 5.69 Å². The summed E-state index contributed by atoms with van der Waals surface area (Å²) >= 11 is 1.41. The molecule has 138 valence electrons. The number of esters is 1. The summed E-state index contributed by atoms with van der Waals surface area (Å²) in [5.41, 5.74) is 2.21. The largest absolute Gasteiger partial charge is 0.455 e. The first-order chi connectivity index (χ1) is 13.1. The van der Waals surface area contributed by atoms with Crippen molar-refractivity contribution < 1.29 is 18.7 Å². The van der Waals surface area contributed by atoms with Gasteiger partial charge in [0.25, 0.3) is 5.91 Å². The van der Waals surface area contributed by atoms with Crippen molar-refractivity contribution in [3.8, 4) is 10.6 Å². The first kappa shape index (κ1) is 18.7. The van der Waals surface area contributed by atoms with Gasteiger partial charge in [0.2, 0.25) is 0 Å². The lowest BCUT2D eigenvalue weighted by molar-refractivity contribution is -0.147. The Bertz CT molecular complexity index is 913. The number of nitrogens with zero attached hydrogens (tertiary/aromatic N) is 2. The summed E-state index contributed by atoms with van der Waals surface area (Å²) in [4.78, 5) is 32.0. The second kappa shape index (κ2) is 9.00. The predicted octanol–water partition coefficient (Wildman–Crippen LogP) is 2.75. The summed E-state index contributed by atoms with van der Waals surface area (Å²) in [6.07, 6.45) is 3.37. The number of carbonyl (C=O) groups excluding carboxylic acids is 2. The maximum absolute atomic E-state index is 12.8. The zero-order valence-electron chi connectivity index (χ0n) is 14.2. The van der Waals surface area contributed by atoms with Crippen molar-refractivity contribution in [2.75, 3.05) is 6.61 Å². The van der Waals surface area contributed by atoms with Gasteiger partial charge in [0.1, 0.15) is 10.8 Å². The van der Waals surface area contributed by atoms with Crippen molar-refractivity contribution in [3.63, 3.8) is 0 Å². The summed E-state index contributed by atoms with van der Waals surface area (Å²) in [6.45, 7) is -0.142. The standard InChI is InChI=1S/C19H16FN3O3S/c20-15-5-3-13(4-6-15)9-22-17(24)11-26-18(25)8-16-12-27-19(23-16)14-2-1-7-21-10-14/h1-7,10,12H,8-9,11H2,(H,22,24). The highest BCUT2D eigenvalue weighted by Gasteiger charge is 2.12. The summed E-state index contributed by atoms with van der Waals surface area (Å²) in [6, 6.07) is 9.48. The van der Waals surface area contributed by atoms with Crippen molar-refractivity contribution in [2.45, 2.75) is 13.0 Å². The molecule has 0 bridgehead atoms. The summed E-state index contributed by atoms with van der Waals surface area (Å²) in [5.74, 6) is -1.30. The lowest BCUT2D eigenvalue weighted by atomic mass is 10.2. The Morgan fingerprint density at radius 1 is 1.19 bits per heavy atom. The first-order valence-electron chi connectivity index (χ1n) is 8.12. The van der Waals surface area contributed by atoms with Crippen LogP contribution in [0.1, 0.15) is 11.3 Å². The molecule has 1 amide bonds. The third kappa shape index (κ3) is 5.68. The van der Waals surface area contributed by atoms with Gasteiger partial charge >= 0.3 is 5.97 Å². The lowest BCUT2D eigenvalue weighted by Crippen LogP contribution is -2.28. The van der Waals surface area contributed by atoms with Crippen molar-refractivity contribution in [3.05, 3.63) is 71.2 Å². The molecule has 0 fully saturated rings. The van der Waals surface area contributed by atoms with E-state index < -0.39 is 11.9 Å². The van der Waals surface area contributed by atoms with E-state index >= 15 is 0 Å². The molecule has 1 N–H and O–H groups in total. The highest BCUT2D eigenvalue weighted by Crippen LogP contribution is 2.22. The molecular weight excluding hydrogens is 369 g/mol. The quantitative estimate of drug-likeness (QED) is 0.633. The average Bonchev–Trinajstić information content (AvgIpc) is 3.15. The third-order valence-corrected chi connectivity index (χ3v) is 4.49. The molecule has 0 aliphatic rings. The van der Waals surface area contributed by atoms with Crippen molar-refractivity contribution >= 4 is 23.2 Å². The van der Waals surface area contributed by atoms with Crippen LogP contribution in [-0.4, -0.2) is 28.5 Å². The van der Waals surface area contributed by atoms with E-state index in [1.165, 1.54) is 23.5 Å². The van der Waals surface area contributed by atoms with Gasteiger partial charge in [-0.1, -0.05) is 12.1 Å². The highest BCUT2D eigenvalue weighted by molar-refractivity contribution is 7.13. The molecule has 0 saturated heterocycles. The first-order valence-corrected chi connectivity index (χ1v) is 8.99. The van der Waals surface area contributed by atoms with Crippen LogP contribution in [0.25, 0.3) is 10.6 Å². The number of ether oxygens (including phenoxy) is 1. The van der Waals surface area contributed by atoms with Crippen LogP contribution in [0, 0.1) is 5.82 Å². The van der Waals surface area contributed by atoms with E-state index in [0.717, 1.165) is 16.1 Å². The Balaban J connectivity index is 1.42. The number of nitrogens with one attached hydrogen (secondary N) is 1. The fourth-order valence-electron chi connectivity index (χ4n) is 2.21. The monoisotopic (exact) mass is 385 g/mol. The van der Waals surface area contributed by atoms with Gasteiger partial charge in [-0.15, -0.1) is 11.3 Å². The number of halogens is 1. The van der Waals surface area contributed by atoms with Gasteiger partial charge in [0.05, 0.1) is 12.1 Å². The molecule has 0 atom stereocenters. The van der Waals surface area contributed by atoms with Crippen LogP contribution < -0.4 is 5.32 Å². The fourth-order valence-corrected chi connectivity index (χ4v) is 3.02. The number of carbonyl (C=O) groups is 2. The second-order valence-corrected chi connectivity index (χ2v) is 6.48. The molecule has 0 aliphatic carbocycles. The predicted molar refractivity (Wildman–Crippen MR) is 98.3 cm³/mol. The van der Waals surface area contributed by atoms with Crippen LogP contribution in [0.5, 0.6) is 0 Å². The number of amides is 1. The molecule has 27 heavy (non-hydrogen) atoms. The zero-order chi connectivity index (χ0) is 19.1. The number of aromatic nitrogens is 2. The van der Waals surface area contributed by atoms with Gasteiger partial charge in [0, 0.05) is 29.9 Å². The Morgan fingerprint density at radius 3 is 2.74 bits per heavy atom. The maximum atomic E-state index is 12.8. The Labute approximate surface area is 159 Å². The molecule has 3 aromatic rings. The Kier molecular flexibility index (Phi) is 6.22. The van der Waals surface area contributed by atoms with E-state index in [-0.39, 0.29) is 25.4 Å². The smallest absolute Gasteiger partial charge is 0.312 e. The normalized spacial score (nSPS) is 10.4. The van der Waals surface area contributed by atoms with E-state index in [2.05, 4.69) is 15.3 Å². The number of rotatable bonds is 7. The molecule has 2 aromatic heterocycles. The van der Waals surface area contributed by atoms with Crippen molar-refractivity contribution in [1.29, 1.82) is 0 Å². The third-order valence-electron chi connectivity index (χ3n) is 3.55. The van der Waals surface area contributed by atoms with E-state index in [9.17, 15) is 14.0 Å².